The van der Waals surface area contributed by atoms with Crippen molar-refractivity contribution < 1.29 is 36.3 Å². The number of hydrogen-bond acceptors (Lipinski definition) is 7. The number of carboxylic acid groups (broad SMARTS) is 1. The molecular weight excluding hydrogens is 559 g/mol. The van der Waals surface area contributed by atoms with Gasteiger partial charge in [0.15, 0.2) is 0 Å². The first-order valence-corrected chi connectivity index (χ1v) is 12.9. The Hall–Kier alpha value is -3.27. The van der Waals surface area contributed by atoms with Crippen LogP contribution in [-0.4, -0.2) is 59.9 Å². The summed E-state index contributed by atoms with van der Waals surface area (Å²) < 4.78 is 60.6. The molecular formula is C21H19ClF3N5O5S2. The molecule has 198 valence electrons. The molecule has 0 saturated carbocycles. The highest BCUT2D eigenvalue weighted by Crippen LogP contribution is 2.30. The summed E-state index contributed by atoms with van der Waals surface area (Å²) in [5.74, 6) is -3.09. The number of amidine groups is 1. The van der Waals surface area contributed by atoms with E-state index in [-0.39, 0.29) is 16.0 Å². The largest absolute Gasteiger partial charge is 0.490 e. The van der Waals surface area contributed by atoms with Crippen LogP contribution in [-0.2, 0) is 26.2 Å². The number of sulfonamides is 1. The first kappa shape index (κ1) is 28.3. The van der Waals surface area contributed by atoms with Crippen molar-refractivity contribution in [1.29, 1.82) is 5.41 Å². The van der Waals surface area contributed by atoms with Crippen LogP contribution in [0.15, 0.2) is 46.8 Å². The van der Waals surface area contributed by atoms with Crippen molar-refractivity contribution in [3.05, 3.63) is 58.7 Å². The van der Waals surface area contributed by atoms with E-state index in [0.717, 1.165) is 16.9 Å². The number of aliphatic carboxylic acids is 1. The third kappa shape index (κ3) is 7.15. The molecule has 0 bridgehead atoms. The number of nitrogen functional groups attached to an aromatic ring is 1. The highest BCUT2D eigenvalue weighted by molar-refractivity contribution is 7.91. The van der Waals surface area contributed by atoms with E-state index in [1.54, 1.807) is 29.2 Å². The highest BCUT2D eigenvalue weighted by atomic mass is 35.5. The lowest BCUT2D eigenvalue weighted by Crippen LogP contribution is -2.41. The number of nitrogens with one attached hydrogen (secondary N) is 2. The number of nitrogens with two attached hydrogens (primary N) is 1. The average Bonchev–Trinajstić information content (AvgIpc) is 3.38. The number of amides is 1. The third-order valence-corrected chi connectivity index (χ3v) is 8.25. The predicted octanol–water partition coefficient (Wildman–Crippen LogP) is 2.95. The Morgan fingerprint density at radius 2 is 2.00 bits per heavy atom. The fraction of sp³-hybridized carbons (Fsp3) is 0.238. The van der Waals surface area contributed by atoms with Crippen molar-refractivity contribution in [2.75, 3.05) is 6.54 Å². The summed E-state index contributed by atoms with van der Waals surface area (Å²) in [5, 5.41) is 15.1. The summed E-state index contributed by atoms with van der Waals surface area (Å²) in [6.07, 6.45) is -3.25. The number of rotatable bonds is 6. The molecule has 10 nitrogen and oxygen atoms in total. The highest BCUT2D eigenvalue weighted by Gasteiger charge is 2.38. The Balaban J connectivity index is 0.000000479. The number of nitrogens with zero attached hydrogens (tertiary/aromatic N) is 2. The maximum Gasteiger partial charge on any atom is 0.490 e. The summed E-state index contributed by atoms with van der Waals surface area (Å²) in [6.45, 7) is 0.753. The minimum Gasteiger partial charge on any atom is -0.475 e. The molecule has 4 rings (SSSR count). The zero-order chi connectivity index (χ0) is 27.5. The molecule has 0 aliphatic carbocycles. The fourth-order valence-electron chi connectivity index (χ4n) is 3.31. The van der Waals surface area contributed by atoms with Crippen LogP contribution in [0, 0.1) is 5.41 Å². The number of carboxylic acids is 1. The molecule has 16 heteroatoms. The quantitative estimate of drug-likeness (QED) is 0.258. The van der Waals surface area contributed by atoms with E-state index in [9.17, 15) is 26.4 Å². The summed E-state index contributed by atoms with van der Waals surface area (Å²) in [4.78, 5) is 27.4. The zero-order valence-electron chi connectivity index (χ0n) is 18.6. The van der Waals surface area contributed by atoms with Crippen LogP contribution in [0.25, 0.3) is 10.2 Å². The van der Waals surface area contributed by atoms with Gasteiger partial charge in [0.25, 0.3) is 10.0 Å². The van der Waals surface area contributed by atoms with Crippen molar-refractivity contribution in [2.45, 2.75) is 29.4 Å². The van der Waals surface area contributed by atoms with Crippen LogP contribution in [0.1, 0.15) is 17.5 Å². The van der Waals surface area contributed by atoms with Crippen molar-refractivity contribution in [3.8, 4) is 0 Å². The SMILES string of the molecule is N=C(N)c1cccc(CN2CC[C@H](NS(=O)(=O)c3cc4ncc(Cl)cc4s3)C2=O)c1.O=C(O)C(F)(F)F. The fourth-order valence-corrected chi connectivity index (χ4v) is 6.15. The van der Waals surface area contributed by atoms with Crippen LogP contribution in [0.3, 0.4) is 0 Å². The number of likely N-dealkylation sites (tertiary alicyclic amines) is 1. The van der Waals surface area contributed by atoms with Gasteiger partial charge >= 0.3 is 12.1 Å². The topological polar surface area (TPSA) is 167 Å². The number of pyridine rings is 1. The number of halogens is 4. The first-order valence-electron chi connectivity index (χ1n) is 10.3. The van der Waals surface area contributed by atoms with E-state index in [1.807, 2.05) is 6.07 Å². The number of fused-ring (bicyclic) bond motifs is 1. The predicted molar refractivity (Wildman–Crippen MR) is 130 cm³/mol. The van der Waals surface area contributed by atoms with E-state index in [4.69, 9.17) is 32.6 Å². The summed E-state index contributed by atoms with van der Waals surface area (Å²) in [5.41, 5.74) is 7.46. The van der Waals surface area contributed by atoms with Crippen molar-refractivity contribution in [1.82, 2.24) is 14.6 Å². The van der Waals surface area contributed by atoms with Gasteiger partial charge < -0.3 is 15.7 Å². The number of aromatic nitrogens is 1. The van der Waals surface area contributed by atoms with Gasteiger partial charge in [0.1, 0.15) is 16.1 Å². The summed E-state index contributed by atoms with van der Waals surface area (Å²) >= 11 is 6.98. The Morgan fingerprint density at radius 1 is 1.32 bits per heavy atom. The number of carbonyl (C=O) groups excluding carboxylic acids is 1. The molecule has 2 aromatic heterocycles. The number of alkyl halides is 3. The molecule has 0 radical (unpaired) electrons. The Morgan fingerprint density at radius 3 is 2.62 bits per heavy atom. The second-order valence-electron chi connectivity index (χ2n) is 7.74. The van der Waals surface area contributed by atoms with Crippen molar-refractivity contribution in [2.24, 2.45) is 5.73 Å². The van der Waals surface area contributed by atoms with Gasteiger partial charge in [0.2, 0.25) is 5.91 Å². The lowest BCUT2D eigenvalue weighted by molar-refractivity contribution is -0.192. The van der Waals surface area contributed by atoms with Gasteiger partial charge in [-0.15, -0.1) is 11.3 Å². The Bertz CT molecular complexity index is 1460. The summed E-state index contributed by atoms with van der Waals surface area (Å²) in [7, 11) is -3.87. The second-order valence-corrected chi connectivity index (χ2v) is 11.2. The lowest BCUT2D eigenvalue weighted by atomic mass is 10.1. The van der Waals surface area contributed by atoms with Crippen LogP contribution in [0.5, 0.6) is 0 Å². The van der Waals surface area contributed by atoms with E-state index in [2.05, 4.69) is 9.71 Å². The van der Waals surface area contributed by atoms with Crippen LogP contribution in [0.2, 0.25) is 5.02 Å². The average molecular weight is 578 g/mol. The number of hydrogen-bond donors (Lipinski definition) is 4. The van der Waals surface area contributed by atoms with Crippen molar-refractivity contribution >= 4 is 60.9 Å². The van der Waals surface area contributed by atoms with Crippen molar-refractivity contribution in [3.63, 3.8) is 0 Å². The Labute approximate surface area is 217 Å². The van der Waals surface area contributed by atoms with E-state index >= 15 is 0 Å². The molecule has 3 heterocycles. The minimum absolute atomic E-state index is 0.0469. The van der Waals surface area contributed by atoms with E-state index in [1.165, 1.54) is 12.3 Å². The molecule has 37 heavy (non-hydrogen) atoms. The third-order valence-electron chi connectivity index (χ3n) is 5.03. The number of thiophene rings is 1. The van der Waals surface area contributed by atoms with Crippen LogP contribution < -0.4 is 10.5 Å². The first-order chi connectivity index (χ1) is 17.2. The van der Waals surface area contributed by atoms with Gasteiger partial charge in [0.05, 0.1) is 15.2 Å². The van der Waals surface area contributed by atoms with Crippen LogP contribution in [0.4, 0.5) is 13.2 Å². The second kappa shape index (κ2) is 11.0. The maximum absolute atomic E-state index is 12.8. The number of carbonyl (C=O) groups is 2. The standard InChI is InChI=1S/C19H18ClN5O3S2.C2HF3O2/c20-13-7-16-15(23-9-13)8-17(29-16)30(27,28)24-14-4-5-25(19(14)26)10-11-2-1-3-12(6-11)18(21)22;3-2(4,5)1(6)7/h1-3,6-9,14,24H,4-5,10H2,(H3,21,22);(H,6,7)/t14-;/m0./s1. The maximum atomic E-state index is 12.8. The van der Waals surface area contributed by atoms with Gasteiger partial charge in [-0.1, -0.05) is 29.8 Å². The van der Waals surface area contributed by atoms with Gasteiger partial charge in [-0.25, -0.2) is 13.2 Å². The van der Waals surface area contributed by atoms with Gasteiger partial charge in [-0.2, -0.15) is 17.9 Å². The molecule has 1 amide bonds. The molecule has 1 aromatic carbocycles. The molecule has 1 fully saturated rings. The Kier molecular flexibility index (Phi) is 8.42. The molecule has 1 aliphatic rings. The molecule has 1 aliphatic heterocycles. The molecule has 1 atom stereocenters. The zero-order valence-corrected chi connectivity index (χ0v) is 21.0. The molecule has 1 saturated heterocycles. The van der Waals surface area contributed by atoms with Crippen LogP contribution >= 0.6 is 22.9 Å². The van der Waals surface area contributed by atoms with E-state index in [0.29, 0.717) is 40.3 Å². The van der Waals surface area contributed by atoms with E-state index < -0.39 is 28.2 Å². The molecule has 0 unspecified atom stereocenters. The van der Waals surface area contributed by atoms with Gasteiger partial charge in [0, 0.05) is 24.8 Å². The molecule has 5 N–H and O–H groups in total. The smallest absolute Gasteiger partial charge is 0.475 e. The minimum atomic E-state index is -5.08. The number of benzene rings is 1. The molecule has 0 spiro atoms. The van der Waals surface area contributed by atoms with Gasteiger partial charge in [-0.05, 0) is 30.2 Å². The van der Waals surface area contributed by atoms with Gasteiger partial charge in [-0.3, -0.25) is 15.2 Å². The normalized spacial score (nSPS) is 15.9. The summed E-state index contributed by atoms with van der Waals surface area (Å²) in [6, 6.07) is 9.40. The molecule has 3 aromatic rings. The monoisotopic (exact) mass is 577 g/mol. The lowest BCUT2D eigenvalue weighted by Gasteiger charge is -2.17.